The summed E-state index contributed by atoms with van der Waals surface area (Å²) >= 11 is 0. The van der Waals surface area contributed by atoms with E-state index in [1.807, 2.05) is 0 Å². The van der Waals surface area contributed by atoms with Crippen LogP contribution in [0.15, 0.2) is 85.2 Å². The Morgan fingerprint density at radius 2 is 1.03 bits per heavy atom. The summed E-state index contributed by atoms with van der Waals surface area (Å²) in [6.07, 6.45) is 4.52. The van der Waals surface area contributed by atoms with E-state index >= 15 is 0 Å². The summed E-state index contributed by atoms with van der Waals surface area (Å²) < 4.78 is 16.4. The van der Waals surface area contributed by atoms with Gasteiger partial charge in [-0.05, 0) is 47.5 Å². The molecule has 0 unspecified atom stereocenters. The highest BCUT2D eigenvalue weighted by Gasteiger charge is 2.58. The smallest absolute Gasteiger partial charge is 0.200 e. The minimum absolute atomic E-state index is 0.157. The number of hydrogen-bond acceptors (Lipinski definition) is 2. The van der Waals surface area contributed by atoms with E-state index < -0.39 is 0 Å². The number of hydrogen-bond donors (Lipinski definition) is 0. The van der Waals surface area contributed by atoms with Crippen LogP contribution in [0, 0.1) is 0 Å². The lowest BCUT2D eigenvalue weighted by atomic mass is 9.65. The molecule has 0 saturated heterocycles. The van der Waals surface area contributed by atoms with Gasteiger partial charge in [-0.25, -0.2) is 0 Å². The zero-order valence-electron chi connectivity index (χ0n) is 18.1. The third kappa shape index (κ3) is 2.17. The van der Waals surface area contributed by atoms with Crippen LogP contribution in [0.25, 0.3) is 0 Å². The van der Waals surface area contributed by atoms with Crippen molar-refractivity contribution in [3.63, 3.8) is 0 Å². The molecular weight excluding hydrogens is 396 g/mol. The predicted octanol–water partition coefficient (Wildman–Crippen LogP) is 4.06. The second kappa shape index (κ2) is 6.42. The van der Waals surface area contributed by atoms with Crippen LogP contribution in [0.3, 0.4) is 0 Å². The largest absolute Gasteiger partial charge is 0.497 e. The van der Waals surface area contributed by atoms with Gasteiger partial charge in [0.15, 0.2) is 23.8 Å². The first-order valence-corrected chi connectivity index (χ1v) is 11.2. The fourth-order valence-corrected chi connectivity index (χ4v) is 6.37. The first-order valence-electron chi connectivity index (χ1n) is 11.2. The standard InChI is InChI=1S/C28H24N2O2/c1-31-17-9-11-19-21(15-17)25-23-7-3-5-13-29(23)27(19)26-22-16-18(32-2)10-12-20(22)28(25)30-14-6-4-8-24(26)30/h3-16,25-28H,1-2H3/q+2/t25-,26-,27-,28-/m0/s1. The van der Waals surface area contributed by atoms with Crippen LogP contribution in [0.2, 0.25) is 0 Å². The second-order valence-corrected chi connectivity index (χ2v) is 8.90. The van der Waals surface area contributed by atoms with Crippen molar-refractivity contribution in [1.82, 2.24) is 0 Å². The molecule has 156 valence electrons. The average molecular weight is 421 g/mol. The lowest BCUT2D eigenvalue weighted by Gasteiger charge is -2.42. The molecule has 0 spiro atoms. The molecule has 4 aromatic rings. The molecule has 2 aromatic heterocycles. The molecule has 0 amide bonds. The van der Waals surface area contributed by atoms with Crippen molar-refractivity contribution < 1.29 is 18.6 Å². The third-order valence-electron chi connectivity index (χ3n) is 7.61. The summed E-state index contributed by atoms with van der Waals surface area (Å²) in [5.74, 6) is 2.19. The van der Waals surface area contributed by atoms with Gasteiger partial charge in [-0.3, -0.25) is 0 Å². The lowest BCUT2D eigenvalue weighted by Crippen LogP contribution is -2.62. The SMILES string of the molecule is COc1ccc2c(c1)[C@H]1c3cccc[n+]3[C@@H]2[C@H]2c3cc(OC)ccc3[C@@H]1[n+]1ccccc12. The van der Waals surface area contributed by atoms with Gasteiger partial charge < -0.3 is 9.47 Å². The Hall–Kier alpha value is -3.66. The molecule has 4 nitrogen and oxygen atoms in total. The van der Waals surface area contributed by atoms with Crippen molar-refractivity contribution in [3.05, 3.63) is 119 Å². The number of nitrogens with zero attached hydrogens (tertiary/aromatic N) is 2. The van der Waals surface area contributed by atoms with E-state index in [4.69, 9.17) is 9.47 Å². The zero-order valence-corrected chi connectivity index (χ0v) is 18.1. The minimum atomic E-state index is 0.157. The van der Waals surface area contributed by atoms with Crippen LogP contribution in [0.1, 0.15) is 57.6 Å². The third-order valence-corrected chi connectivity index (χ3v) is 7.61. The molecular formula is C28H24N2O2+2. The van der Waals surface area contributed by atoms with E-state index in [2.05, 4.69) is 94.3 Å². The van der Waals surface area contributed by atoms with Gasteiger partial charge in [0.2, 0.25) is 12.1 Å². The lowest BCUT2D eigenvalue weighted by molar-refractivity contribution is -0.769. The fraction of sp³-hybridized carbons (Fsp3) is 0.214. The van der Waals surface area contributed by atoms with Gasteiger partial charge in [-0.1, -0.05) is 12.1 Å². The number of methoxy groups -OCH3 is 2. The zero-order chi connectivity index (χ0) is 21.4. The van der Waals surface area contributed by atoms with Gasteiger partial charge in [0.05, 0.1) is 14.2 Å². The molecule has 0 fully saturated rings. The van der Waals surface area contributed by atoms with E-state index in [1.165, 1.54) is 33.6 Å². The predicted molar refractivity (Wildman–Crippen MR) is 119 cm³/mol. The molecule has 4 atom stereocenters. The maximum absolute atomic E-state index is 5.67. The number of aromatic nitrogens is 2. The van der Waals surface area contributed by atoms with Gasteiger partial charge >= 0.3 is 0 Å². The van der Waals surface area contributed by atoms with Gasteiger partial charge in [-0.15, -0.1) is 0 Å². The highest BCUT2D eigenvalue weighted by atomic mass is 16.5. The van der Waals surface area contributed by atoms with Crippen LogP contribution >= 0.6 is 0 Å². The van der Waals surface area contributed by atoms with E-state index in [9.17, 15) is 0 Å². The fourth-order valence-electron chi connectivity index (χ4n) is 6.37. The molecule has 5 aliphatic heterocycles. The summed E-state index contributed by atoms with van der Waals surface area (Å²) in [4.78, 5) is 0. The normalized spacial score (nSPS) is 23.3. The average Bonchev–Trinajstić information content (AvgIpc) is 2.84. The number of pyridine rings is 2. The first kappa shape index (κ1) is 18.0. The summed E-state index contributed by atoms with van der Waals surface area (Å²) in [5, 5.41) is 0. The van der Waals surface area contributed by atoms with Crippen LogP contribution < -0.4 is 18.6 Å². The Morgan fingerprint density at radius 3 is 1.47 bits per heavy atom. The van der Waals surface area contributed by atoms with E-state index in [0.717, 1.165) is 11.5 Å². The topological polar surface area (TPSA) is 26.2 Å². The van der Waals surface area contributed by atoms with Crippen LogP contribution in [0.5, 0.6) is 11.5 Å². The highest BCUT2D eigenvalue weighted by Crippen LogP contribution is 2.55. The molecule has 4 heteroatoms. The van der Waals surface area contributed by atoms with Crippen LogP contribution in [0.4, 0.5) is 0 Å². The van der Waals surface area contributed by atoms with E-state index in [-0.39, 0.29) is 23.9 Å². The first-order chi connectivity index (χ1) is 15.8. The Bertz CT molecular complexity index is 1290. The minimum Gasteiger partial charge on any atom is -0.497 e. The second-order valence-electron chi connectivity index (χ2n) is 8.90. The highest BCUT2D eigenvalue weighted by molar-refractivity contribution is 5.54. The summed E-state index contributed by atoms with van der Waals surface area (Å²) in [6, 6.07) is 26.9. The van der Waals surface area contributed by atoms with E-state index in [1.54, 1.807) is 14.2 Å². The molecule has 0 N–H and O–H groups in total. The van der Waals surface area contributed by atoms with Crippen molar-refractivity contribution in [3.8, 4) is 11.5 Å². The van der Waals surface area contributed by atoms with Crippen molar-refractivity contribution in [2.75, 3.05) is 14.2 Å². The van der Waals surface area contributed by atoms with Crippen LogP contribution in [-0.2, 0) is 0 Å². The van der Waals surface area contributed by atoms with Crippen molar-refractivity contribution >= 4 is 0 Å². The molecule has 6 aliphatic rings. The van der Waals surface area contributed by atoms with Crippen molar-refractivity contribution in [1.29, 1.82) is 0 Å². The Morgan fingerprint density at radius 1 is 0.562 bits per heavy atom. The summed E-state index contributed by atoms with van der Waals surface area (Å²) in [7, 11) is 3.51. The quantitative estimate of drug-likeness (QED) is 0.457. The van der Waals surface area contributed by atoms with Crippen LogP contribution in [-0.4, -0.2) is 14.2 Å². The monoisotopic (exact) mass is 420 g/mol. The molecule has 0 saturated carbocycles. The Labute approximate surface area is 187 Å². The van der Waals surface area contributed by atoms with Crippen molar-refractivity contribution in [2.24, 2.45) is 0 Å². The van der Waals surface area contributed by atoms with Gasteiger partial charge in [0.1, 0.15) is 23.3 Å². The maximum atomic E-state index is 5.67. The molecule has 10 rings (SSSR count). The van der Waals surface area contributed by atoms with E-state index in [0.29, 0.717) is 0 Å². The van der Waals surface area contributed by atoms with Gasteiger partial charge in [0, 0.05) is 35.4 Å². The van der Waals surface area contributed by atoms with Crippen molar-refractivity contribution in [2.45, 2.75) is 23.9 Å². The molecule has 7 heterocycles. The van der Waals surface area contributed by atoms with Gasteiger partial charge in [-0.2, -0.15) is 9.13 Å². The number of rotatable bonds is 2. The number of ether oxygens (including phenoxy) is 2. The molecule has 1 aliphatic carbocycles. The molecule has 4 bridgehead atoms. The Kier molecular flexibility index (Phi) is 3.61. The number of benzene rings is 2. The molecule has 2 aromatic carbocycles. The van der Waals surface area contributed by atoms with Gasteiger partial charge in [0.25, 0.3) is 0 Å². The summed E-state index contributed by atoms with van der Waals surface area (Å²) in [5.41, 5.74) is 8.24. The molecule has 0 radical (unpaired) electrons. The Balaban J connectivity index is 1.64. The summed E-state index contributed by atoms with van der Waals surface area (Å²) in [6.45, 7) is 0. The maximum Gasteiger partial charge on any atom is 0.200 e. The molecule has 32 heavy (non-hydrogen) atoms.